The summed E-state index contributed by atoms with van der Waals surface area (Å²) in [5.41, 5.74) is 3.67. The lowest BCUT2D eigenvalue weighted by Gasteiger charge is -2.23. The number of hydrogen-bond acceptors (Lipinski definition) is 2. The maximum Gasteiger partial charge on any atom is 0.136 e. The van der Waals surface area contributed by atoms with Gasteiger partial charge in [0.25, 0.3) is 0 Å². The minimum absolute atomic E-state index is 0.0223. The van der Waals surface area contributed by atoms with E-state index in [0.29, 0.717) is 6.04 Å². The first-order valence-electron chi connectivity index (χ1n) is 7.59. The number of aryl methyl sites for hydroxylation is 1. The van der Waals surface area contributed by atoms with Crippen molar-refractivity contribution in [3.8, 4) is 5.75 Å². The molecule has 0 saturated heterocycles. The van der Waals surface area contributed by atoms with E-state index in [1.54, 1.807) is 0 Å². The second kappa shape index (κ2) is 7.28. The van der Waals surface area contributed by atoms with E-state index in [1.165, 1.54) is 16.7 Å². The predicted molar refractivity (Wildman–Crippen MR) is 88.9 cm³/mol. The summed E-state index contributed by atoms with van der Waals surface area (Å²) < 4.78 is 6.30. The highest BCUT2D eigenvalue weighted by atomic mass is 16.5. The Labute approximate surface area is 128 Å². The summed E-state index contributed by atoms with van der Waals surface area (Å²) in [6, 6.07) is 17.1. The van der Waals surface area contributed by atoms with Crippen molar-refractivity contribution in [3.05, 3.63) is 65.2 Å². The van der Waals surface area contributed by atoms with Crippen LogP contribution in [0.5, 0.6) is 5.75 Å². The molecule has 1 atom stereocenters. The number of nitrogens with one attached hydrogen (secondary N) is 1. The van der Waals surface area contributed by atoms with Crippen LogP contribution in [0.25, 0.3) is 0 Å². The highest BCUT2D eigenvalue weighted by Crippen LogP contribution is 2.26. The summed E-state index contributed by atoms with van der Waals surface area (Å²) in [5, 5.41) is 3.47. The minimum atomic E-state index is 0.0223. The fourth-order valence-corrected chi connectivity index (χ4v) is 2.24. The highest BCUT2D eigenvalue weighted by molar-refractivity contribution is 5.38. The van der Waals surface area contributed by atoms with Crippen molar-refractivity contribution >= 4 is 0 Å². The zero-order valence-electron chi connectivity index (χ0n) is 13.4. The number of rotatable bonds is 6. The van der Waals surface area contributed by atoms with Gasteiger partial charge in [-0.2, -0.15) is 0 Å². The zero-order chi connectivity index (χ0) is 15.2. The van der Waals surface area contributed by atoms with Crippen LogP contribution in [0.1, 0.15) is 36.6 Å². The van der Waals surface area contributed by atoms with E-state index < -0.39 is 0 Å². The molecule has 0 aliphatic heterocycles. The second-order valence-electron chi connectivity index (χ2n) is 5.78. The molecule has 0 radical (unpaired) electrons. The van der Waals surface area contributed by atoms with Gasteiger partial charge in [-0.25, -0.2) is 0 Å². The average molecular weight is 283 g/mol. The van der Waals surface area contributed by atoms with E-state index in [1.807, 2.05) is 12.1 Å². The quantitative estimate of drug-likeness (QED) is 0.847. The molecule has 2 aromatic rings. The van der Waals surface area contributed by atoms with Gasteiger partial charge in [-0.3, -0.25) is 0 Å². The highest BCUT2D eigenvalue weighted by Gasteiger charge is 2.15. The molecule has 2 nitrogen and oxygen atoms in total. The maximum absolute atomic E-state index is 6.30. The number of benzene rings is 2. The summed E-state index contributed by atoms with van der Waals surface area (Å²) in [6.07, 6.45) is 0.0223. The molecule has 21 heavy (non-hydrogen) atoms. The first-order valence-corrected chi connectivity index (χ1v) is 7.59. The van der Waals surface area contributed by atoms with Gasteiger partial charge in [0.2, 0.25) is 0 Å². The van der Waals surface area contributed by atoms with E-state index in [9.17, 15) is 0 Å². The van der Waals surface area contributed by atoms with Gasteiger partial charge in [0.15, 0.2) is 0 Å². The summed E-state index contributed by atoms with van der Waals surface area (Å²) >= 11 is 0. The van der Waals surface area contributed by atoms with Gasteiger partial charge >= 0.3 is 0 Å². The molecule has 0 aliphatic carbocycles. The largest absolute Gasteiger partial charge is 0.484 e. The summed E-state index contributed by atoms with van der Waals surface area (Å²) in [7, 11) is 0. The fraction of sp³-hybridized carbons (Fsp3) is 0.368. The van der Waals surface area contributed by atoms with Crippen molar-refractivity contribution in [1.29, 1.82) is 0 Å². The Hall–Kier alpha value is -1.80. The molecule has 1 unspecified atom stereocenters. The topological polar surface area (TPSA) is 21.3 Å². The number of hydrogen-bond donors (Lipinski definition) is 1. The van der Waals surface area contributed by atoms with Gasteiger partial charge in [0.1, 0.15) is 11.9 Å². The molecule has 2 aromatic carbocycles. The van der Waals surface area contributed by atoms with Crippen molar-refractivity contribution < 1.29 is 4.74 Å². The molecule has 0 fully saturated rings. The third-order valence-electron chi connectivity index (χ3n) is 3.71. The van der Waals surface area contributed by atoms with Gasteiger partial charge in [-0.15, -0.1) is 0 Å². The molecular weight excluding hydrogens is 258 g/mol. The van der Waals surface area contributed by atoms with Crippen LogP contribution < -0.4 is 10.1 Å². The second-order valence-corrected chi connectivity index (χ2v) is 5.78. The zero-order valence-corrected chi connectivity index (χ0v) is 13.4. The lowest BCUT2D eigenvalue weighted by Crippen LogP contribution is -2.30. The van der Waals surface area contributed by atoms with Crippen LogP contribution in [0, 0.1) is 13.8 Å². The average Bonchev–Trinajstić information content (AvgIpc) is 2.48. The van der Waals surface area contributed by atoms with Crippen LogP contribution in [0.15, 0.2) is 48.5 Å². The Kier molecular flexibility index (Phi) is 5.40. The predicted octanol–water partition coefficient (Wildman–Crippen LogP) is 4.42. The van der Waals surface area contributed by atoms with Crippen molar-refractivity contribution in [2.45, 2.75) is 39.8 Å². The first kappa shape index (κ1) is 15.6. The van der Waals surface area contributed by atoms with Gasteiger partial charge in [-0.05, 0) is 36.6 Å². The molecule has 0 spiro atoms. The van der Waals surface area contributed by atoms with Crippen molar-refractivity contribution in [2.24, 2.45) is 0 Å². The van der Waals surface area contributed by atoms with Gasteiger partial charge in [0.05, 0.1) is 0 Å². The lowest BCUT2D eigenvalue weighted by molar-refractivity contribution is 0.197. The summed E-state index contributed by atoms with van der Waals surface area (Å²) in [6.45, 7) is 9.34. The van der Waals surface area contributed by atoms with E-state index in [0.717, 1.165) is 12.3 Å². The standard InChI is InChI=1S/C19H25NO/c1-14(2)20-13-19(17-10-6-5-7-11-17)21-18-12-8-9-15(3)16(18)4/h5-12,14,19-20H,13H2,1-4H3. The molecule has 2 heteroatoms. The molecule has 0 aliphatic rings. The normalized spacial score (nSPS) is 12.4. The Morgan fingerprint density at radius 3 is 2.33 bits per heavy atom. The molecule has 0 heterocycles. The Morgan fingerprint density at radius 1 is 0.952 bits per heavy atom. The van der Waals surface area contributed by atoms with Crippen molar-refractivity contribution in [1.82, 2.24) is 5.32 Å². The molecule has 0 amide bonds. The van der Waals surface area contributed by atoms with Gasteiger partial charge in [-0.1, -0.05) is 56.3 Å². The third kappa shape index (κ3) is 4.33. The number of ether oxygens (including phenoxy) is 1. The molecule has 0 saturated carbocycles. The van der Waals surface area contributed by atoms with E-state index >= 15 is 0 Å². The van der Waals surface area contributed by atoms with Crippen LogP contribution in [0.3, 0.4) is 0 Å². The molecule has 0 bridgehead atoms. The van der Waals surface area contributed by atoms with E-state index in [4.69, 9.17) is 4.74 Å². The molecule has 1 N–H and O–H groups in total. The van der Waals surface area contributed by atoms with Crippen LogP contribution in [-0.2, 0) is 0 Å². The van der Waals surface area contributed by atoms with Crippen LogP contribution in [0.2, 0.25) is 0 Å². The van der Waals surface area contributed by atoms with E-state index in [-0.39, 0.29) is 6.10 Å². The van der Waals surface area contributed by atoms with Gasteiger partial charge in [0, 0.05) is 12.6 Å². The fourth-order valence-electron chi connectivity index (χ4n) is 2.24. The smallest absolute Gasteiger partial charge is 0.136 e. The molecule has 0 aromatic heterocycles. The van der Waals surface area contributed by atoms with Crippen LogP contribution in [0.4, 0.5) is 0 Å². The molecular formula is C19H25NO. The SMILES string of the molecule is Cc1cccc(OC(CNC(C)C)c2ccccc2)c1C. The third-order valence-corrected chi connectivity index (χ3v) is 3.71. The Balaban J connectivity index is 2.21. The van der Waals surface area contributed by atoms with Crippen LogP contribution >= 0.6 is 0 Å². The van der Waals surface area contributed by atoms with Gasteiger partial charge < -0.3 is 10.1 Å². The minimum Gasteiger partial charge on any atom is -0.484 e. The monoisotopic (exact) mass is 283 g/mol. The van der Waals surface area contributed by atoms with Crippen LogP contribution in [-0.4, -0.2) is 12.6 Å². The molecule has 2 rings (SSSR count). The Bertz CT molecular complexity index is 563. The summed E-state index contributed by atoms with van der Waals surface area (Å²) in [4.78, 5) is 0. The van der Waals surface area contributed by atoms with Crippen molar-refractivity contribution in [3.63, 3.8) is 0 Å². The molecule has 112 valence electrons. The van der Waals surface area contributed by atoms with Crippen molar-refractivity contribution in [2.75, 3.05) is 6.54 Å². The maximum atomic E-state index is 6.30. The van der Waals surface area contributed by atoms with E-state index in [2.05, 4.69) is 69.4 Å². The summed E-state index contributed by atoms with van der Waals surface area (Å²) in [5.74, 6) is 0.967. The Morgan fingerprint density at radius 2 is 1.67 bits per heavy atom. The first-order chi connectivity index (χ1) is 10.1. The lowest BCUT2D eigenvalue weighted by atomic mass is 10.1.